The van der Waals surface area contributed by atoms with E-state index < -0.39 is 0 Å². The Morgan fingerprint density at radius 1 is 1.26 bits per heavy atom. The van der Waals surface area contributed by atoms with E-state index in [9.17, 15) is 5.11 Å². The van der Waals surface area contributed by atoms with Gasteiger partial charge in [0.05, 0.1) is 25.4 Å². The van der Waals surface area contributed by atoms with Crippen molar-refractivity contribution in [3.8, 4) is 5.75 Å². The third-order valence-corrected chi connectivity index (χ3v) is 4.16. The number of ether oxygens (including phenoxy) is 2. The van der Waals surface area contributed by atoms with Crippen molar-refractivity contribution in [3.63, 3.8) is 0 Å². The molecule has 4 heteroatoms. The fourth-order valence-electron chi connectivity index (χ4n) is 2.87. The minimum Gasteiger partial charge on any atom is -0.493 e. The molecule has 0 unspecified atom stereocenters. The topological polar surface area (TPSA) is 38.7 Å². The van der Waals surface area contributed by atoms with Crippen molar-refractivity contribution in [2.45, 2.75) is 50.9 Å². The van der Waals surface area contributed by atoms with Gasteiger partial charge in [0, 0.05) is 17.0 Å². The third-order valence-electron chi connectivity index (χ3n) is 3.94. The van der Waals surface area contributed by atoms with E-state index in [-0.39, 0.29) is 12.2 Å². The lowest BCUT2D eigenvalue weighted by atomic mass is 9.95. The van der Waals surface area contributed by atoms with Crippen LogP contribution in [0.1, 0.15) is 36.8 Å². The van der Waals surface area contributed by atoms with Gasteiger partial charge in [0.15, 0.2) is 0 Å². The van der Waals surface area contributed by atoms with E-state index in [0.29, 0.717) is 6.61 Å². The lowest BCUT2D eigenvalue weighted by molar-refractivity contribution is -0.0124. The molecule has 1 aliphatic heterocycles. The summed E-state index contributed by atoms with van der Waals surface area (Å²) in [6.45, 7) is 1.28. The average molecular weight is 283 g/mol. The Bertz CT molecular complexity index is 453. The summed E-state index contributed by atoms with van der Waals surface area (Å²) >= 11 is 6.12. The van der Waals surface area contributed by atoms with Crippen molar-refractivity contribution in [1.29, 1.82) is 0 Å². The Hall–Kier alpha value is -0.770. The van der Waals surface area contributed by atoms with Gasteiger partial charge in [0.2, 0.25) is 0 Å². The highest BCUT2D eigenvalue weighted by Gasteiger charge is 2.22. The molecule has 0 bridgehead atoms. The summed E-state index contributed by atoms with van der Waals surface area (Å²) in [7, 11) is 0. The van der Waals surface area contributed by atoms with Crippen molar-refractivity contribution >= 4 is 11.6 Å². The zero-order valence-electron chi connectivity index (χ0n) is 10.9. The highest BCUT2D eigenvalue weighted by atomic mass is 35.5. The molecule has 1 heterocycles. The fourth-order valence-corrected chi connectivity index (χ4v) is 3.14. The first-order chi connectivity index (χ1) is 9.22. The van der Waals surface area contributed by atoms with Crippen LogP contribution in [0.3, 0.4) is 0 Å². The first-order valence-electron chi connectivity index (χ1n) is 6.96. The summed E-state index contributed by atoms with van der Waals surface area (Å²) in [6, 6.07) is 3.91. The van der Waals surface area contributed by atoms with Gasteiger partial charge >= 0.3 is 0 Å². The Labute approximate surface area is 118 Å². The van der Waals surface area contributed by atoms with E-state index in [4.69, 9.17) is 21.1 Å². The molecule has 2 aliphatic rings. The van der Waals surface area contributed by atoms with Crippen LogP contribution in [0.4, 0.5) is 0 Å². The molecule has 0 atom stereocenters. The SMILES string of the molecule is OC1CCC(OCc2cc(Cl)cc3c2OCC3)CC1. The van der Waals surface area contributed by atoms with E-state index in [2.05, 4.69) is 0 Å². The van der Waals surface area contributed by atoms with Crippen molar-refractivity contribution in [2.75, 3.05) is 6.61 Å². The molecule has 104 valence electrons. The highest BCUT2D eigenvalue weighted by molar-refractivity contribution is 6.30. The maximum Gasteiger partial charge on any atom is 0.128 e. The van der Waals surface area contributed by atoms with Crippen LogP contribution in [0.5, 0.6) is 5.75 Å². The maximum atomic E-state index is 9.48. The van der Waals surface area contributed by atoms with E-state index in [0.717, 1.165) is 55.0 Å². The van der Waals surface area contributed by atoms with Crippen molar-refractivity contribution in [2.24, 2.45) is 0 Å². The number of hydrogen-bond acceptors (Lipinski definition) is 3. The largest absolute Gasteiger partial charge is 0.493 e. The van der Waals surface area contributed by atoms with Gasteiger partial charge in [-0.15, -0.1) is 0 Å². The minimum atomic E-state index is -0.140. The molecule has 3 nitrogen and oxygen atoms in total. The van der Waals surface area contributed by atoms with Crippen LogP contribution < -0.4 is 4.74 Å². The second-order valence-corrected chi connectivity index (χ2v) is 5.83. The molecule has 1 fully saturated rings. The van der Waals surface area contributed by atoms with Gasteiger partial charge in [-0.1, -0.05) is 11.6 Å². The fraction of sp³-hybridized carbons (Fsp3) is 0.600. The van der Waals surface area contributed by atoms with Crippen LogP contribution in [0.15, 0.2) is 12.1 Å². The Kier molecular flexibility index (Phi) is 3.96. The zero-order chi connectivity index (χ0) is 13.2. The number of hydrogen-bond donors (Lipinski definition) is 1. The predicted octanol–water partition coefficient (Wildman–Crippen LogP) is 3.10. The molecule has 0 amide bonds. The highest BCUT2D eigenvalue weighted by Crippen LogP contribution is 2.34. The Morgan fingerprint density at radius 3 is 2.84 bits per heavy atom. The molecule has 0 aromatic heterocycles. The molecule has 1 saturated carbocycles. The van der Waals surface area contributed by atoms with Gasteiger partial charge in [-0.3, -0.25) is 0 Å². The van der Waals surface area contributed by atoms with Crippen LogP contribution in [0.2, 0.25) is 5.02 Å². The molecular formula is C15H19ClO3. The lowest BCUT2D eigenvalue weighted by Gasteiger charge is -2.25. The van der Waals surface area contributed by atoms with E-state index in [1.807, 2.05) is 12.1 Å². The molecule has 0 spiro atoms. The Balaban J connectivity index is 1.64. The predicted molar refractivity (Wildman–Crippen MR) is 73.7 cm³/mol. The summed E-state index contributed by atoms with van der Waals surface area (Å²) in [4.78, 5) is 0. The molecule has 1 aromatic rings. The first kappa shape index (κ1) is 13.2. The van der Waals surface area contributed by atoms with Crippen LogP contribution in [0, 0.1) is 0 Å². The van der Waals surface area contributed by atoms with Gasteiger partial charge in [-0.25, -0.2) is 0 Å². The number of benzene rings is 1. The smallest absolute Gasteiger partial charge is 0.128 e. The summed E-state index contributed by atoms with van der Waals surface area (Å²) < 4.78 is 11.6. The van der Waals surface area contributed by atoms with Crippen molar-refractivity contribution < 1.29 is 14.6 Å². The Morgan fingerprint density at radius 2 is 2.05 bits per heavy atom. The molecular weight excluding hydrogens is 264 g/mol. The summed E-state index contributed by atoms with van der Waals surface area (Å²) in [5.74, 6) is 0.959. The van der Waals surface area contributed by atoms with Gasteiger partial charge in [-0.05, 0) is 43.4 Å². The average Bonchev–Trinajstić information content (AvgIpc) is 2.85. The molecule has 1 aromatic carbocycles. The normalized spacial score (nSPS) is 26.0. The van der Waals surface area contributed by atoms with Gasteiger partial charge in [0.1, 0.15) is 5.75 Å². The third kappa shape index (κ3) is 3.04. The van der Waals surface area contributed by atoms with E-state index in [1.165, 1.54) is 5.56 Å². The summed E-state index contributed by atoms with van der Waals surface area (Å²) in [5.41, 5.74) is 2.23. The number of halogens is 1. The molecule has 1 N–H and O–H groups in total. The lowest BCUT2D eigenvalue weighted by Crippen LogP contribution is -2.24. The van der Waals surface area contributed by atoms with Crippen LogP contribution in [0.25, 0.3) is 0 Å². The molecule has 0 saturated heterocycles. The number of aliphatic hydroxyl groups excluding tert-OH is 1. The van der Waals surface area contributed by atoms with Crippen molar-refractivity contribution in [1.82, 2.24) is 0 Å². The standard InChI is InChI=1S/C15H19ClO3/c16-12-7-10-5-6-18-15(10)11(8-12)9-19-14-3-1-13(17)2-4-14/h7-8,13-14,17H,1-6,9H2. The number of aliphatic hydroxyl groups is 1. The molecule has 0 radical (unpaired) electrons. The van der Waals surface area contributed by atoms with Gasteiger partial charge in [-0.2, -0.15) is 0 Å². The van der Waals surface area contributed by atoms with Crippen molar-refractivity contribution in [3.05, 3.63) is 28.3 Å². The maximum absolute atomic E-state index is 9.48. The summed E-state index contributed by atoms with van der Waals surface area (Å²) in [6.07, 6.45) is 4.59. The first-order valence-corrected chi connectivity index (χ1v) is 7.34. The van der Waals surface area contributed by atoms with E-state index in [1.54, 1.807) is 0 Å². The molecule has 1 aliphatic carbocycles. The van der Waals surface area contributed by atoms with Gasteiger partial charge < -0.3 is 14.6 Å². The number of rotatable bonds is 3. The zero-order valence-corrected chi connectivity index (χ0v) is 11.7. The van der Waals surface area contributed by atoms with Gasteiger partial charge in [0.25, 0.3) is 0 Å². The quantitative estimate of drug-likeness (QED) is 0.926. The van der Waals surface area contributed by atoms with Crippen LogP contribution in [-0.2, 0) is 17.8 Å². The second-order valence-electron chi connectivity index (χ2n) is 5.39. The van der Waals surface area contributed by atoms with Crippen LogP contribution in [-0.4, -0.2) is 23.9 Å². The minimum absolute atomic E-state index is 0.140. The monoisotopic (exact) mass is 282 g/mol. The summed E-state index contributed by atoms with van der Waals surface area (Å²) in [5, 5.41) is 10.2. The molecule has 3 rings (SSSR count). The molecule has 19 heavy (non-hydrogen) atoms. The van der Waals surface area contributed by atoms with Crippen LogP contribution >= 0.6 is 11.6 Å². The second kappa shape index (κ2) is 5.70. The van der Waals surface area contributed by atoms with E-state index >= 15 is 0 Å². The number of fused-ring (bicyclic) bond motifs is 1.